The maximum atomic E-state index is 12.3. The van der Waals surface area contributed by atoms with Gasteiger partial charge in [0.1, 0.15) is 18.1 Å². The molecule has 1 heterocycles. The average molecular weight is 443 g/mol. The van der Waals surface area contributed by atoms with Gasteiger partial charge >= 0.3 is 13.2 Å². The highest BCUT2D eigenvalue weighted by atomic mass is 16.7. The second-order valence-corrected chi connectivity index (χ2v) is 8.55. The predicted molar refractivity (Wildman–Crippen MR) is 121 cm³/mol. The fourth-order valence-electron chi connectivity index (χ4n) is 3.26. The average Bonchev–Trinajstić information content (AvgIpc) is 2.98. The normalized spacial score (nSPS) is 16.5. The van der Waals surface area contributed by atoms with Crippen molar-refractivity contribution in [1.29, 1.82) is 0 Å². The smallest absolute Gasteiger partial charge is 0.494 e. The molecule has 1 aliphatic heterocycles. The van der Waals surface area contributed by atoms with Crippen molar-refractivity contribution >= 4 is 24.4 Å². The summed E-state index contributed by atoms with van der Waals surface area (Å²) in [5.74, 6) is 1.05. The van der Waals surface area contributed by atoms with Crippen LogP contribution in [0.3, 0.4) is 0 Å². The van der Waals surface area contributed by atoms with E-state index in [1.165, 1.54) is 7.11 Å². The number of hydrogen-bond donors (Lipinski definition) is 2. The Kier molecular flexibility index (Phi) is 7.02. The van der Waals surface area contributed by atoms with E-state index < -0.39 is 24.4 Å². The quantitative estimate of drug-likeness (QED) is 0.635. The van der Waals surface area contributed by atoms with Gasteiger partial charge in [0.25, 0.3) is 0 Å². The van der Waals surface area contributed by atoms with E-state index >= 15 is 0 Å². The molecular formula is C23H30BNO7. The monoisotopic (exact) mass is 443 g/mol. The van der Waals surface area contributed by atoms with Crippen LogP contribution in [0.1, 0.15) is 38.8 Å². The van der Waals surface area contributed by atoms with E-state index in [1.807, 2.05) is 45.9 Å². The summed E-state index contributed by atoms with van der Waals surface area (Å²) in [5.41, 5.74) is 1.76. The summed E-state index contributed by atoms with van der Waals surface area (Å²) < 4.78 is 28.2. The van der Waals surface area contributed by atoms with E-state index in [4.69, 9.17) is 23.5 Å². The molecule has 172 valence electrons. The lowest BCUT2D eigenvalue weighted by Crippen LogP contribution is -2.41. The molecule has 2 aromatic rings. The lowest BCUT2D eigenvalue weighted by Gasteiger charge is -2.32. The number of carbonyl (C=O) groups is 1. The van der Waals surface area contributed by atoms with Gasteiger partial charge in [0, 0.05) is 22.9 Å². The number of nitrogens with one attached hydrogen (secondary N) is 1. The van der Waals surface area contributed by atoms with Crippen LogP contribution in [0.15, 0.2) is 36.4 Å². The van der Waals surface area contributed by atoms with Crippen LogP contribution in [-0.4, -0.2) is 43.7 Å². The van der Waals surface area contributed by atoms with Gasteiger partial charge in [0.05, 0.1) is 32.0 Å². The fourth-order valence-corrected chi connectivity index (χ4v) is 3.26. The number of amides is 1. The highest BCUT2D eigenvalue weighted by Gasteiger charge is 2.51. The molecule has 9 heteroatoms. The minimum absolute atomic E-state index is 0.0184. The number of aliphatic hydroxyl groups excluding tert-OH is 1. The summed E-state index contributed by atoms with van der Waals surface area (Å²) in [5, 5.41) is 11.9. The number of hydrogen-bond acceptors (Lipinski definition) is 7. The van der Waals surface area contributed by atoms with E-state index in [9.17, 15) is 9.90 Å². The van der Waals surface area contributed by atoms with Gasteiger partial charge in [-0.25, -0.2) is 4.79 Å². The van der Waals surface area contributed by atoms with Gasteiger partial charge in [-0.2, -0.15) is 0 Å². The van der Waals surface area contributed by atoms with Crippen LogP contribution >= 0.6 is 0 Å². The van der Waals surface area contributed by atoms with E-state index in [1.54, 1.807) is 25.3 Å². The third kappa shape index (κ3) is 5.01. The number of ether oxygens (including phenoxy) is 3. The Morgan fingerprint density at radius 2 is 1.56 bits per heavy atom. The molecule has 0 spiro atoms. The summed E-state index contributed by atoms with van der Waals surface area (Å²) >= 11 is 0. The molecule has 2 aromatic carbocycles. The Balaban J connectivity index is 1.65. The molecule has 0 aromatic heterocycles. The topological polar surface area (TPSA) is 95.5 Å². The van der Waals surface area contributed by atoms with Crippen molar-refractivity contribution in [3.8, 4) is 11.5 Å². The molecular weight excluding hydrogens is 413 g/mol. The first-order chi connectivity index (χ1) is 15.1. The minimum Gasteiger partial charge on any atom is -0.496 e. The molecule has 3 rings (SSSR count). The Labute approximate surface area is 188 Å². The molecule has 1 aliphatic rings. The summed E-state index contributed by atoms with van der Waals surface area (Å²) in [6.07, 6.45) is -0.624. The second kappa shape index (κ2) is 9.40. The van der Waals surface area contributed by atoms with E-state index in [2.05, 4.69) is 5.32 Å². The molecule has 1 saturated heterocycles. The lowest BCUT2D eigenvalue weighted by molar-refractivity contribution is 0.00578. The molecule has 0 aliphatic carbocycles. The SMILES string of the molecule is COc1cc(NC(=O)OCc2ccc(B3OC(C)(C)C(C)(C)O3)cc2OC)ccc1CO. The standard InChI is InChI=1S/C23H30BNO7/c1-22(2)23(3,4)32-24(31-22)17-9-7-16(19(11-17)28-5)14-30-21(27)25-18-10-8-15(13-26)20(12-18)29-6/h7-12,26H,13-14H2,1-6H3,(H,25,27). The van der Waals surface area contributed by atoms with Crippen molar-refractivity contribution in [2.75, 3.05) is 19.5 Å². The van der Waals surface area contributed by atoms with Crippen molar-refractivity contribution in [3.05, 3.63) is 47.5 Å². The van der Waals surface area contributed by atoms with Crippen molar-refractivity contribution in [3.63, 3.8) is 0 Å². The molecule has 8 nitrogen and oxygen atoms in total. The van der Waals surface area contributed by atoms with E-state index in [-0.39, 0.29) is 13.2 Å². The van der Waals surface area contributed by atoms with Crippen LogP contribution in [0.4, 0.5) is 10.5 Å². The van der Waals surface area contributed by atoms with Gasteiger partial charge in [0.15, 0.2) is 0 Å². The third-order valence-corrected chi connectivity index (χ3v) is 5.90. The summed E-state index contributed by atoms with van der Waals surface area (Å²) in [4.78, 5) is 12.3. The molecule has 0 saturated carbocycles. The lowest BCUT2D eigenvalue weighted by atomic mass is 9.78. The van der Waals surface area contributed by atoms with Gasteiger partial charge in [-0.1, -0.05) is 18.2 Å². The van der Waals surface area contributed by atoms with Gasteiger partial charge in [-0.3, -0.25) is 5.32 Å². The largest absolute Gasteiger partial charge is 0.496 e. The molecule has 0 radical (unpaired) electrons. The first-order valence-corrected chi connectivity index (χ1v) is 10.3. The summed E-state index contributed by atoms with van der Waals surface area (Å²) in [6.45, 7) is 7.85. The summed E-state index contributed by atoms with van der Waals surface area (Å²) in [7, 11) is 2.54. The molecule has 1 amide bonds. The maximum Gasteiger partial charge on any atom is 0.494 e. The highest BCUT2D eigenvalue weighted by Crippen LogP contribution is 2.36. The molecule has 0 unspecified atom stereocenters. The number of anilines is 1. The first kappa shape index (κ1) is 23.9. The van der Waals surface area contributed by atoms with Crippen LogP contribution in [0.25, 0.3) is 0 Å². The number of methoxy groups -OCH3 is 2. The van der Waals surface area contributed by atoms with Crippen molar-refractivity contribution < 1.29 is 33.4 Å². The van der Waals surface area contributed by atoms with Crippen molar-refractivity contribution in [2.45, 2.75) is 52.1 Å². The minimum atomic E-state index is -0.624. The molecule has 32 heavy (non-hydrogen) atoms. The van der Waals surface area contributed by atoms with Crippen LogP contribution in [0.2, 0.25) is 0 Å². The van der Waals surface area contributed by atoms with E-state index in [0.29, 0.717) is 28.3 Å². The van der Waals surface area contributed by atoms with Gasteiger partial charge < -0.3 is 28.6 Å². The zero-order valence-corrected chi connectivity index (χ0v) is 19.4. The maximum absolute atomic E-state index is 12.3. The Morgan fingerprint density at radius 3 is 2.16 bits per heavy atom. The zero-order chi connectivity index (χ0) is 23.5. The Morgan fingerprint density at radius 1 is 0.969 bits per heavy atom. The van der Waals surface area contributed by atoms with Gasteiger partial charge in [-0.05, 0) is 45.3 Å². The number of rotatable bonds is 7. The van der Waals surface area contributed by atoms with Crippen LogP contribution < -0.4 is 20.3 Å². The molecule has 0 bridgehead atoms. The fraction of sp³-hybridized carbons (Fsp3) is 0.435. The van der Waals surface area contributed by atoms with Crippen LogP contribution in [0, 0.1) is 0 Å². The van der Waals surface area contributed by atoms with Gasteiger partial charge in [-0.15, -0.1) is 0 Å². The highest BCUT2D eigenvalue weighted by molar-refractivity contribution is 6.62. The number of benzene rings is 2. The molecule has 1 fully saturated rings. The number of aliphatic hydroxyl groups is 1. The molecule has 0 atom stereocenters. The third-order valence-electron chi connectivity index (χ3n) is 5.90. The summed E-state index contributed by atoms with van der Waals surface area (Å²) in [6, 6.07) is 10.5. The van der Waals surface area contributed by atoms with Crippen LogP contribution in [-0.2, 0) is 27.3 Å². The van der Waals surface area contributed by atoms with Gasteiger partial charge in [0.2, 0.25) is 0 Å². The predicted octanol–water partition coefficient (Wildman–Crippen LogP) is 3.24. The van der Waals surface area contributed by atoms with E-state index in [0.717, 1.165) is 5.46 Å². The zero-order valence-electron chi connectivity index (χ0n) is 19.4. The van der Waals surface area contributed by atoms with Crippen molar-refractivity contribution in [1.82, 2.24) is 0 Å². The Bertz CT molecular complexity index is 961. The van der Waals surface area contributed by atoms with Crippen LogP contribution in [0.5, 0.6) is 11.5 Å². The number of carbonyl (C=O) groups excluding carboxylic acids is 1. The Hall–Kier alpha value is -2.75. The molecule has 2 N–H and O–H groups in total. The second-order valence-electron chi connectivity index (χ2n) is 8.55. The first-order valence-electron chi connectivity index (χ1n) is 10.3. The van der Waals surface area contributed by atoms with Crippen molar-refractivity contribution in [2.24, 2.45) is 0 Å².